The van der Waals surface area contributed by atoms with Crippen LogP contribution in [0.15, 0.2) is 60.7 Å². The van der Waals surface area contributed by atoms with Crippen LogP contribution in [0.2, 0.25) is 0 Å². The highest BCUT2D eigenvalue weighted by atomic mass is 32.1. The van der Waals surface area contributed by atoms with E-state index in [2.05, 4.69) is 0 Å². The summed E-state index contributed by atoms with van der Waals surface area (Å²) in [5.41, 5.74) is 3.69. The average Bonchev–Trinajstić information content (AvgIpc) is 3.10. The first-order chi connectivity index (χ1) is 13.6. The molecular weight excluding hydrogens is 370 g/mol. The van der Waals surface area contributed by atoms with E-state index in [4.69, 9.17) is 9.72 Å². The third-order valence-electron chi connectivity index (χ3n) is 4.66. The highest BCUT2D eigenvalue weighted by Crippen LogP contribution is 2.42. The van der Waals surface area contributed by atoms with Crippen LogP contribution in [0, 0.1) is 6.92 Å². The van der Waals surface area contributed by atoms with E-state index in [9.17, 15) is 9.90 Å². The maximum Gasteiger partial charge on any atom is 0.308 e. The minimum Gasteiger partial charge on any atom is -0.496 e. The lowest BCUT2D eigenvalue weighted by Crippen LogP contribution is -1.99. The lowest BCUT2D eigenvalue weighted by atomic mass is 10.0. The van der Waals surface area contributed by atoms with E-state index in [0.717, 1.165) is 48.8 Å². The van der Waals surface area contributed by atoms with E-state index in [1.165, 1.54) is 11.3 Å². The number of rotatable bonds is 5. The van der Waals surface area contributed by atoms with Gasteiger partial charge in [-0.05, 0) is 23.8 Å². The second-order valence-electron chi connectivity index (χ2n) is 6.59. The number of thiazole rings is 1. The molecule has 1 N–H and O–H groups in total. The van der Waals surface area contributed by atoms with Gasteiger partial charge in [-0.3, -0.25) is 4.79 Å². The Bertz CT molecular complexity index is 1160. The molecule has 1 heterocycles. The van der Waals surface area contributed by atoms with Gasteiger partial charge in [0, 0.05) is 10.4 Å². The molecule has 140 valence electrons. The predicted molar refractivity (Wildman–Crippen MR) is 113 cm³/mol. The molecule has 0 atom stereocenters. The Hall–Kier alpha value is -3.18. The minimum atomic E-state index is -0.867. The van der Waals surface area contributed by atoms with Gasteiger partial charge in [-0.25, -0.2) is 4.98 Å². The van der Waals surface area contributed by atoms with Crippen molar-refractivity contribution in [3.8, 4) is 27.6 Å². The fourth-order valence-corrected chi connectivity index (χ4v) is 4.43. The van der Waals surface area contributed by atoms with Crippen LogP contribution in [0.25, 0.3) is 32.6 Å². The van der Waals surface area contributed by atoms with Crippen LogP contribution in [0.5, 0.6) is 5.75 Å². The second kappa shape index (κ2) is 7.44. The molecule has 0 saturated heterocycles. The molecule has 0 fully saturated rings. The van der Waals surface area contributed by atoms with Gasteiger partial charge in [0.15, 0.2) is 0 Å². The Labute approximate surface area is 167 Å². The van der Waals surface area contributed by atoms with E-state index < -0.39 is 5.97 Å². The maximum atomic E-state index is 11.4. The van der Waals surface area contributed by atoms with Crippen molar-refractivity contribution < 1.29 is 14.6 Å². The van der Waals surface area contributed by atoms with E-state index in [1.54, 1.807) is 7.11 Å². The van der Waals surface area contributed by atoms with Crippen molar-refractivity contribution in [1.82, 2.24) is 4.98 Å². The second-order valence-corrected chi connectivity index (χ2v) is 7.67. The number of carboxylic acid groups (broad SMARTS) is 1. The number of aliphatic carboxylic acids is 1. The van der Waals surface area contributed by atoms with Crippen LogP contribution in [-0.2, 0) is 11.2 Å². The van der Waals surface area contributed by atoms with Crippen LogP contribution < -0.4 is 4.74 Å². The van der Waals surface area contributed by atoms with Crippen molar-refractivity contribution >= 4 is 28.1 Å². The van der Waals surface area contributed by atoms with Crippen molar-refractivity contribution in [2.45, 2.75) is 13.3 Å². The summed E-state index contributed by atoms with van der Waals surface area (Å²) in [7, 11) is 1.64. The number of hydrogen-bond acceptors (Lipinski definition) is 4. The molecule has 0 bridgehead atoms. The quantitative estimate of drug-likeness (QED) is 0.484. The molecule has 0 aliphatic rings. The summed E-state index contributed by atoms with van der Waals surface area (Å²) in [6.07, 6.45) is -0.0615. The molecule has 0 unspecified atom stereocenters. The van der Waals surface area contributed by atoms with Gasteiger partial charge in [-0.1, -0.05) is 60.2 Å². The smallest absolute Gasteiger partial charge is 0.308 e. The van der Waals surface area contributed by atoms with E-state index >= 15 is 0 Å². The standard InChI is InChI=1S/C23H19NO3S/c1-14-7-9-16(10-8-14)22-19(13-20(25)26)28-23(24-22)21-17-6-4-3-5-15(17)11-12-18(21)27-2/h3-12H,13H2,1-2H3,(H,25,26). The highest BCUT2D eigenvalue weighted by Gasteiger charge is 2.20. The zero-order chi connectivity index (χ0) is 19.7. The number of hydrogen-bond donors (Lipinski definition) is 1. The molecule has 0 amide bonds. The van der Waals surface area contributed by atoms with E-state index in [1.807, 2.05) is 67.6 Å². The third kappa shape index (κ3) is 3.37. The summed E-state index contributed by atoms with van der Waals surface area (Å²) < 4.78 is 5.61. The van der Waals surface area contributed by atoms with Crippen molar-refractivity contribution in [2.75, 3.05) is 7.11 Å². The van der Waals surface area contributed by atoms with E-state index in [-0.39, 0.29) is 6.42 Å². The molecule has 4 aromatic rings. The topological polar surface area (TPSA) is 59.4 Å². The Kier molecular flexibility index (Phi) is 4.84. The summed E-state index contributed by atoms with van der Waals surface area (Å²) in [6.45, 7) is 2.02. The molecule has 0 saturated carbocycles. The SMILES string of the molecule is COc1ccc2ccccc2c1-c1nc(-c2ccc(C)cc2)c(CC(=O)O)s1. The van der Waals surface area contributed by atoms with Gasteiger partial charge in [0.25, 0.3) is 0 Å². The summed E-state index contributed by atoms with van der Waals surface area (Å²) >= 11 is 1.41. The van der Waals surface area contributed by atoms with Gasteiger partial charge >= 0.3 is 5.97 Å². The average molecular weight is 389 g/mol. The Morgan fingerprint density at radius 2 is 1.82 bits per heavy atom. The maximum absolute atomic E-state index is 11.4. The number of benzene rings is 3. The number of carboxylic acids is 1. The molecule has 4 rings (SSSR count). The van der Waals surface area contributed by atoms with Gasteiger partial charge in [0.05, 0.1) is 24.8 Å². The molecule has 0 radical (unpaired) electrons. The van der Waals surface area contributed by atoms with Crippen LogP contribution in [0.3, 0.4) is 0 Å². The summed E-state index contributed by atoms with van der Waals surface area (Å²) in [5, 5.41) is 12.3. The molecule has 4 nitrogen and oxygen atoms in total. The summed E-state index contributed by atoms with van der Waals surface area (Å²) in [4.78, 5) is 17.0. The van der Waals surface area contributed by atoms with Gasteiger partial charge in [0.1, 0.15) is 10.8 Å². The normalized spacial score (nSPS) is 10.9. The molecule has 0 aliphatic carbocycles. The molecule has 28 heavy (non-hydrogen) atoms. The van der Waals surface area contributed by atoms with Gasteiger partial charge < -0.3 is 9.84 Å². The zero-order valence-electron chi connectivity index (χ0n) is 15.6. The first kappa shape index (κ1) is 18.2. The number of nitrogens with zero attached hydrogens (tertiary/aromatic N) is 1. The number of aryl methyl sites for hydroxylation is 1. The lowest BCUT2D eigenvalue weighted by Gasteiger charge is -2.09. The lowest BCUT2D eigenvalue weighted by molar-refractivity contribution is -0.136. The van der Waals surface area contributed by atoms with Crippen LogP contribution >= 0.6 is 11.3 Å². The largest absolute Gasteiger partial charge is 0.496 e. The van der Waals surface area contributed by atoms with Crippen LogP contribution in [0.1, 0.15) is 10.4 Å². The number of fused-ring (bicyclic) bond motifs is 1. The minimum absolute atomic E-state index is 0.0615. The van der Waals surface area contributed by atoms with E-state index in [0.29, 0.717) is 0 Å². The summed E-state index contributed by atoms with van der Waals surface area (Å²) in [5.74, 6) is -0.141. The van der Waals surface area contributed by atoms with Crippen molar-refractivity contribution in [1.29, 1.82) is 0 Å². The fourth-order valence-electron chi connectivity index (χ4n) is 3.30. The van der Waals surface area contributed by atoms with Crippen molar-refractivity contribution in [3.63, 3.8) is 0 Å². The monoisotopic (exact) mass is 389 g/mol. The molecule has 0 aliphatic heterocycles. The number of ether oxygens (including phenoxy) is 1. The Morgan fingerprint density at radius 1 is 1.07 bits per heavy atom. The van der Waals surface area contributed by atoms with Gasteiger partial charge in [0.2, 0.25) is 0 Å². The Balaban J connectivity index is 1.95. The first-order valence-corrected chi connectivity index (χ1v) is 9.73. The molecule has 5 heteroatoms. The van der Waals surface area contributed by atoms with Gasteiger partial charge in [-0.15, -0.1) is 11.3 Å². The Morgan fingerprint density at radius 3 is 2.54 bits per heavy atom. The van der Waals surface area contributed by atoms with Crippen molar-refractivity contribution in [2.24, 2.45) is 0 Å². The molecule has 1 aromatic heterocycles. The number of carbonyl (C=O) groups is 1. The summed E-state index contributed by atoms with van der Waals surface area (Å²) in [6, 6.07) is 20.0. The fraction of sp³-hybridized carbons (Fsp3) is 0.130. The zero-order valence-corrected chi connectivity index (χ0v) is 16.4. The predicted octanol–water partition coefficient (Wildman–Crippen LogP) is 5.57. The molecular formula is C23H19NO3S. The highest BCUT2D eigenvalue weighted by molar-refractivity contribution is 7.15. The molecule has 3 aromatic carbocycles. The first-order valence-electron chi connectivity index (χ1n) is 8.91. The third-order valence-corrected chi connectivity index (χ3v) is 5.73. The van der Waals surface area contributed by atoms with Gasteiger partial charge in [-0.2, -0.15) is 0 Å². The van der Waals surface area contributed by atoms with Crippen molar-refractivity contribution in [3.05, 3.63) is 71.1 Å². The number of aromatic nitrogens is 1. The number of methoxy groups -OCH3 is 1. The molecule has 0 spiro atoms. The van der Waals surface area contributed by atoms with Crippen LogP contribution in [0.4, 0.5) is 0 Å². The van der Waals surface area contributed by atoms with Crippen LogP contribution in [-0.4, -0.2) is 23.2 Å².